The van der Waals surface area contributed by atoms with Crippen molar-refractivity contribution >= 4 is 22.4 Å². The molecule has 2 atom stereocenters. The van der Waals surface area contributed by atoms with Crippen molar-refractivity contribution in [2.45, 2.75) is 70.5 Å². The van der Waals surface area contributed by atoms with E-state index in [2.05, 4.69) is 23.9 Å². The van der Waals surface area contributed by atoms with E-state index >= 15 is 0 Å². The smallest absolute Gasteiger partial charge is 0.212 e. The fourth-order valence-corrected chi connectivity index (χ4v) is 5.18. The quantitative estimate of drug-likeness (QED) is 0.789. The molecule has 0 aliphatic carbocycles. The lowest BCUT2D eigenvalue weighted by atomic mass is 10.0. The fourth-order valence-electron chi connectivity index (χ4n) is 3.29. The predicted molar refractivity (Wildman–Crippen MR) is 81.2 cm³/mol. The molecule has 6 heteroatoms. The van der Waals surface area contributed by atoms with Gasteiger partial charge in [-0.1, -0.05) is 26.7 Å². The molecule has 2 rings (SSSR count). The van der Waals surface area contributed by atoms with Gasteiger partial charge in [0.25, 0.3) is 0 Å². The van der Waals surface area contributed by atoms with Gasteiger partial charge in [-0.25, -0.2) is 13.1 Å². The van der Waals surface area contributed by atoms with Gasteiger partial charge in [-0.3, -0.25) is 0 Å². The summed E-state index contributed by atoms with van der Waals surface area (Å²) in [5.74, 6) is 0.583. The van der Waals surface area contributed by atoms with Crippen LogP contribution in [0.1, 0.15) is 52.4 Å². The van der Waals surface area contributed by atoms with E-state index in [0.29, 0.717) is 23.8 Å². The minimum Gasteiger partial charge on any atom is -0.311 e. The molecule has 2 fully saturated rings. The van der Waals surface area contributed by atoms with Crippen LogP contribution in [0.15, 0.2) is 0 Å². The van der Waals surface area contributed by atoms with Crippen molar-refractivity contribution in [3.05, 3.63) is 0 Å². The summed E-state index contributed by atoms with van der Waals surface area (Å²) < 4.78 is 27.2. The van der Waals surface area contributed by atoms with E-state index in [-0.39, 0.29) is 18.4 Å². The van der Waals surface area contributed by atoms with Gasteiger partial charge in [0.2, 0.25) is 10.0 Å². The van der Waals surface area contributed by atoms with E-state index in [1.54, 1.807) is 0 Å². The Hall–Kier alpha value is 0.160. The summed E-state index contributed by atoms with van der Waals surface area (Å²) in [5, 5.41) is 3.53. The van der Waals surface area contributed by atoms with Crippen molar-refractivity contribution in [2.75, 3.05) is 5.75 Å². The van der Waals surface area contributed by atoms with E-state index in [1.165, 1.54) is 12.8 Å². The highest BCUT2D eigenvalue weighted by Gasteiger charge is 2.35. The van der Waals surface area contributed by atoms with Crippen molar-refractivity contribution in [1.29, 1.82) is 0 Å². The molecule has 2 aliphatic heterocycles. The number of halogens is 1. The number of hydrogen-bond acceptors (Lipinski definition) is 3. The van der Waals surface area contributed by atoms with Crippen molar-refractivity contribution in [3.63, 3.8) is 0 Å². The van der Waals surface area contributed by atoms with Crippen LogP contribution in [0, 0.1) is 5.92 Å². The van der Waals surface area contributed by atoms with Crippen LogP contribution < -0.4 is 10.0 Å². The van der Waals surface area contributed by atoms with Crippen LogP contribution in [0.2, 0.25) is 0 Å². The summed E-state index contributed by atoms with van der Waals surface area (Å²) >= 11 is 0. The van der Waals surface area contributed by atoms with E-state index < -0.39 is 10.0 Å². The Labute approximate surface area is 123 Å². The number of fused-ring (bicyclic) bond motifs is 2. The van der Waals surface area contributed by atoms with Gasteiger partial charge < -0.3 is 5.32 Å². The lowest BCUT2D eigenvalue weighted by Crippen LogP contribution is -2.48. The third-order valence-electron chi connectivity index (χ3n) is 4.43. The van der Waals surface area contributed by atoms with Crippen molar-refractivity contribution < 1.29 is 8.42 Å². The maximum absolute atomic E-state index is 12.1. The van der Waals surface area contributed by atoms with Crippen LogP contribution in [-0.2, 0) is 10.0 Å². The summed E-state index contributed by atoms with van der Waals surface area (Å²) in [5.41, 5.74) is 0. The van der Waals surface area contributed by atoms with Crippen LogP contribution in [-0.4, -0.2) is 32.3 Å². The largest absolute Gasteiger partial charge is 0.311 e. The molecule has 0 saturated carbocycles. The molecule has 2 heterocycles. The highest BCUT2D eigenvalue weighted by molar-refractivity contribution is 7.89. The van der Waals surface area contributed by atoms with E-state index in [9.17, 15) is 8.42 Å². The van der Waals surface area contributed by atoms with E-state index in [0.717, 1.165) is 25.7 Å². The summed E-state index contributed by atoms with van der Waals surface area (Å²) in [6, 6.07) is 1.22. The maximum atomic E-state index is 12.1. The molecule has 0 aromatic rings. The van der Waals surface area contributed by atoms with Crippen LogP contribution in [0.3, 0.4) is 0 Å². The number of piperidine rings is 1. The molecule has 2 bridgehead atoms. The molecule has 4 nitrogen and oxygen atoms in total. The molecule has 0 aromatic heterocycles. The zero-order chi connectivity index (χ0) is 13.2. The van der Waals surface area contributed by atoms with Gasteiger partial charge in [0, 0.05) is 18.1 Å². The van der Waals surface area contributed by atoms with Gasteiger partial charge in [0.15, 0.2) is 0 Å². The summed E-state index contributed by atoms with van der Waals surface area (Å²) in [6.07, 6.45) is 6.20. The molecule has 0 spiro atoms. The van der Waals surface area contributed by atoms with Crippen LogP contribution in [0.25, 0.3) is 0 Å². The van der Waals surface area contributed by atoms with Gasteiger partial charge in [0.05, 0.1) is 5.75 Å². The number of hydrogen-bond donors (Lipinski definition) is 2. The SMILES string of the molecule is CCC(CC)CS(=O)(=O)NC1CC2CCC(C1)N2.Cl. The van der Waals surface area contributed by atoms with E-state index in [1.807, 2.05) is 0 Å². The Bertz CT molecular complexity index is 359. The molecule has 114 valence electrons. The standard InChI is InChI=1S/C13H26N2O2S.ClH/c1-3-10(4-2)9-18(16,17)15-13-7-11-5-6-12(8-13)14-11;/h10-15H,3-9H2,1-2H3;1H. The first-order chi connectivity index (χ1) is 8.52. The molecular weight excluding hydrogens is 284 g/mol. The average molecular weight is 311 g/mol. The summed E-state index contributed by atoms with van der Waals surface area (Å²) in [7, 11) is -3.10. The highest BCUT2D eigenvalue weighted by atomic mass is 35.5. The molecular formula is C13H27ClN2O2S. The second-order valence-electron chi connectivity index (χ2n) is 5.89. The van der Waals surface area contributed by atoms with Gasteiger partial charge in [0.1, 0.15) is 0 Å². The lowest BCUT2D eigenvalue weighted by molar-refractivity contribution is 0.344. The van der Waals surface area contributed by atoms with Gasteiger partial charge >= 0.3 is 0 Å². The predicted octanol–water partition coefficient (Wildman–Crippen LogP) is 2.05. The molecule has 0 aromatic carbocycles. The summed E-state index contributed by atoms with van der Waals surface area (Å²) in [4.78, 5) is 0. The number of rotatable bonds is 6. The maximum Gasteiger partial charge on any atom is 0.212 e. The Morgan fingerprint density at radius 2 is 1.68 bits per heavy atom. The van der Waals surface area contributed by atoms with Crippen molar-refractivity contribution in [1.82, 2.24) is 10.0 Å². The highest BCUT2D eigenvalue weighted by Crippen LogP contribution is 2.27. The molecule has 2 unspecified atom stereocenters. The Morgan fingerprint density at radius 1 is 1.16 bits per heavy atom. The minimum absolute atomic E-state index is 0. The fraction of sp³-hybridized carbons (Fsp3) is 1.00. The molecule has 2 aliphatic rings. The first-order valence-electron chi connectivity index (χ1n) is 7.28. The van der Waals surface area contributed by atoms with Crippen molar-refractivity contribution in [2.24, 2.45) is 5.92 Å². The monoisotopic (exact) mass is 310 g/mol. The molecule has 2 saturated heterocycles. The van der Waals surface area contributed by atoms with Gasteiger partial charge in [-0.05, 0) is 31.6 Å². The Morgan fingerprint density at radius 3 is 2.16 bits per heavy atom. The first-order valence-corrected chi connectivity index (χ1v) is 8.93. The topological polar surface area (TPSA) is 58.2 Å². The molecule has 2 N–H and O–H groups in total. The number of nitrogens with one attached hydrogen (secondary N) is 2. The first kappa shape index (κ1) is 17.2. The molecule has 0 amide bonds. The average Bonchev–Trinajstić information content (AvgIpc) is 2.65. The second kappa shape index (κ2) is 7.25. The molecule has 19 heavy (non-hydrogen) atoms. The van der Waals surface area contributed by atoms with Crippen LogP contribution in [0.4, 0.5) is 0 Å². The van der Waals surface area contributed by atoms with Gasteiger partial charge in [-0.2, -0.15) is 0 Å². The Balaban J connectivity index is 0.00000180. The lowest BCUT2D eigenvalue weighted by Gasteiger charge is -2.29. The minimum atomic E-state index is -3.10. The Kier molecular flexibility index (Phi) is 6.57. The summed E-state index contributed by atoms with van der Waals surface area (Å²) in [6.45, 7) is 4.13. The van der Waals surface area contributed by atoms with Crippen LogP contribution >= 0.6 is 12.4 Å². The van der Waals surface area contributed by atoms with Crippen LogP contribution in [0.5, 0.6) is 0 Å². The van der Waals surface area contributed by atoms with E-state index in [4.69, 9.17) is 0 Å². The zero-order valence-corrected chi connectivity index (χ0v) is 13.5. The normalized spacial score (nSPS) is 30.4. The zero-order valence-electron chi connectivity index (χ0n) is 11.9. The van der Waals surface area contributed by atoms with Gasteiger partial charge in [-0.15, -0.1) is 12.4 Å². The number of sulfonamides is 1. The van der Waals surface area contributed by atoms with Crippen molar-refractivity contribution in [3.8, 4) is 0 Å². The third kappa shape index (κ3) is 4.88. The third-order valence-corrected chi connectivity index (χ3v) is 6.03. The molecule has 0 radical (unpaired) electrons. The second-order valence-corrected chi connectivity index (χ2v) is 7.69.